The van der Waals surface area contributed by atoms with E-state index in [1.807, 2.05) is 41.5 Å². The number of ketones is 1. The van der Waals surface area contributed by atoms with Crippen molar-refractivity contribution in [1.82, 2.24) is 4.98 Å². The van der Waals surface area contributed by atoms with Crippen LogP contribution in [0.5, 0.6) is 0 Å². The number of pyridine rings is 1. The zero-order chi connectivity index (χ0) is 30.6. The van der Waals surface area contributed by atoms with Crippen LogP contribution in [0.4, 0.5) is 0 Å². The standard InChI is InChI=1S/C22H20NS.C15H28O2.Ir/c1-14-11-16-9-10-20(23-21(16)24-14)17-12-15-7-5-6-8-18(15)19(13-17)22(2,3)4;1-7-14(5,8-2)12(16)11-13(17)15(6,9-3)10-4;/h5-11,13H,1-4H3;11,16H,7-10H2,1-6H3;/q-1;;/b;12-11-;. The molecule has 1 radical (unpaired) electrons. The van der Waals surface area contributed by atoms with Crippen LogP contribution >= 0.6 is 11.3 Å². The largest absolute Gasteiger partial charge is 0.512 e. The van der Waals surface area contributed by atoms with Crippen molar-refractivity contribution in [3.63, 3.8) is 0 Å². The van der Waals surface area contributed by atoms with Crippen LogP contribution < -0.4 is 0 Å². The van der Waals surface area contributed by atoms with E-state index in [2.05, 4.69) is 82.3 Å². The van der Waals surface area contributed by atoms with Gasteiger partial charge in [-0.15, -0.1) is 40.5 Å². The maximum Gasteiger partial charge on any atom is 0.164 e. The number of carbonyl (C=O) groups is 1. The van der Waals surface area contributed by atoms with Gasteiger partial charge in [-0.1, -0.05) is 104 Å². The predicted molar refractivity (Wildman–Crippen MR) is 178 cm³/mol. The van der Waals surface area contributed by atoms with Gasteiger partial charge in [-0.25, -0.2) is 0 Å². The summed E-state index contributed by atoms with van der Waals surface area (Å²) in [5.74, 6) is 0.286. The van der Waals surface area contributed by atoms with Gasteiger partial charge in [0.05, 0.1) is 0 Å². The number of nitrogens with zero attached hydrogens (tertiary/aromatic N) is 1. The van der Waals surface area contributed by atoms with Crippen LogP contribution in [0.3, 0.4) is 0 Å². The number of fused-ring (bicyclic) bond motifs is 2. The van der Waals surface area contributed by atoms with E-state index in [1.165, 1.54) is 27.3 Å². The molecule has 0 aliphatic heterocycles. The molecule has 0 aliphatic carbocycles. The molecule has 42 heavy (non-hydrogen) atoms. The molecule has 0 aliphatic rings. The number of aromatic nitrogens is 1. The van der Waals surface area contributed by atoms with Crippen molar-refractivity contribution in [2.24, 2.45) is 10.8 Å². The Hall–Kier alpha value is -2.33. The maximum atomic E-state index is 12.2. The molecule has 0 bridgehead atoms. The smallest absolute Gasteiger partial charge is 0.164 e. The monoisotopic (exact) mass is 763 g/mol. The summed E-state index contributed by atoms with van der Waals surface area (Å²) in [5, 5.41) is 13.8. The average Bonchev–Trinajstić information content (AvgIpc) is 3.34. The predicted octanol–water partition coefficient (Wildman–Crippen LogP) is 11.2. The number of aliphatic hydroxyl groups excluding tert-OH is 1. The molecule has 0 spiro atoms. The fourth-order valence-electron chi connectivity index (χ4n) is 4.87. The third kappa shape index (κ3) is 7.98. The molecular weight excluding hydrogens is 715 g/mol. The Bertz CT molecular complexity index is 1530. The van der Waals surface area contributed by atoms with Crippen molar-refractivity contribution in [3.05, 3.63) is 76.9 Å². The molecule has 2 heterocycles. The van der Waals surface area contributed by atoms with E-state index in [-0.39, 0.29) is 47.9 Å². The van der Waals surface area contributed by atoms with Crippen molar-refractivity contribution in [1.29, 1.82) is 0 Å². The summed E-state index contributed by atoms with van der Waals surface area (Å²) >= 11 is 1.75. The first-order chi connectivity index (χ1) is 19.2. The number of rotatable bonds is 8. The van der Waals surface area contributed by atoms with Crippen molar-refractivity contribution in [2.75, 3.05) is 0 Å². The van der Waals surface area contributed by atoms with Gasteiger partial charge in [0.1, 0.15) is 10.6 Å². The summed E-state index contributed by atoms with van der Waals surface area (Å²) in [6.07, 6.45) is 4.75. The molecule has 0 fully saturated rings. The van der Waals surface area contributed by atoms with Crippen LogP contribution in [-0.4, -0.2) is 15.9 Å². The molecule has 0 amide bonds. The van der Waals surface area contributed by atoms with Gasteiger partial charge < -0.3 is 5.11 Å². The molecule has 5 heteroatoms. The second-order valence-electron chi connectivity index (χ2n) is 12.8. The minimum absolute atomic E-state index is 0. The molecule has 1 N–H and O–H groups in total. The third-order valence-corrected chi connectivity index (χ3v) is 9.93. The normalized spacial score (nSPS) is 12.6. The van der Waals surface area contributed by atoms with E-state index in [4.69, 9.17) is 4.98 Å². The third-order valence-electron chi connectivity index (χ3n) is 8.97. The van der Waals surface area contributed by atoms with Gasteiger partial charge in [0.25, 0.3) is 0 Å². The van der Waals surface area contributed by atoms with Gasteiger partial charge in [0.2, 0.25) is 0 Å². The molecule has 0 atom stereocenters. The Morgan fingerprint density at radius 1 is 0.905 bits per heavy atom. The summed E-state index contributed by atoms with van der Waals surface area (Å²) < 4.78 is 0. The van der Waals surface area contributed by atoms with Crippen LogP contribution in [0.15, 0.2) is 60.4 Å². The fraction of sp³-hybridized carbons (Fsp3) is 0.459. The van der Waals surface area contributed by atoms with Gasteiger partial charge in [0.15, 0.2) is 5.78 Å². The molecule has 0 saturated heterocycles. The van der Waals surface area contributed by atoms with E-state index >= 15 is 0 Å². The molecular formula is C37H48IrNO2S-. The SMILES string of the molecule is CCC(C)(CC)C(=O)/C=C(\O)C(C)(CC)CC.Cc1cc2ccc(-c3[c-]c4ccccc4c(C(C)(C)C)c3)nc2s1.[Ir]. The maximum absolute atomic E-state index is 12.2. The van der Waals surface area contributed by atoms with Gasteiger partial charge in [0, 0.05) is 53.0 Å². The molecule has 2 aromatic heterocycles. The van der Waals surface area contributed by atoms with Crippen molar-refractivity contribution >= 4 is 38.1 Å². The van der Waals surface area contributed by atoms with Crippen LogP contribution in [0.2, 0.25) is 0 Å². The quantitative estimate of drug-likeness (QED) is 0.110. The number of thiophene rings is 1. The van der Waals surface area contributed by atoms with Gasteiger partial charge in [-0.05, 0) is 44.1 Å². The Labute approximate surface area is 271 Å². The summed E-state index contributed by atoms with van der Waals surface area (Å²) in [6, 6.07) is 20.8. The van der Waals surface area contributed by atoms with E-state index < -0.39 is 0 Å². The molecule has 0 unspecified atom stereocenters. The first-order valence-corrected chi connectivity index (χ1v) is 15.8. The first-order valence-electron chi connectivity index (χ1n) is 15.0. The Kier molecular flexibility index (Phi) is 12.3. The number of hydrogen-bond acceptors (Lipinski definition) is 4. The topological polar surface area (TPSA) is 50.2 Å². The Morgan fingerprint density at radius 2 is 1.50 bits per heavy atom. The van der Waals surface area contributed by atoms with Crippen molar-refractivity contribution < 1.29 is 30.0 Å². The molecule has 3 nitrogen and oxygen atoms in total. The summed E-state index contributed by atoms with van der Waals surface area (Å²) in [6.45, 7) is 21.0. The molecule has 4 aromatic rings. The minimum atomic E-state index is -0.337. The minimum Gasteiger partial charge on any atom is -0.512 e. The summed E-state index contributed by atoms with van der Waals surface area (Å²) in [4.78, 5) is 19.5. The summed E-state index contributed by atoms with van der Waals surface area (Å²) in [7, 11) is 0. The van der Waals surface area contributed by atoms with E-state index in [0.29, 0.717) is 0 Å². The first kappa shape index (κ1) is 35.9. The van der Waals surface area contributed by atoms with Gasteiger partial charge in [-0.3, -0.25) is 9.78 Å². The zero-order valence-corrected chi connectivity index (χ0v) is 30.3. The molecule has 4 rings (SSSR count). The number of carbonyl (C=O) groups excluding carboxylic acids is 1. The number of hydrogen-bond donors (Lipinski definition) is 1. The van der Waals surface area contributed by atoms with Crippen LogP contribution in [0.1, 0.15) is 98.4 Å². The van der Waals surface area contributed by atoms with Gasteiger partial charge >= 0.3 is 0 Å². The average molecular weight is 763 g/mol. The zero-order valence-electron chi connectivity index (χ0n) is 27.1. The second-order valence-corrected chi connectivity index (χ2v) is 14.0. The van der Waals surface area contributed by atoms with Crippen molar-refractivity contribution in [2.45, 2.75) is 100 Å². The molecule has 229 valence electrons. The Morgan fingerprint density at radius 3 is 2.07 bits per heavy atom. The molecule has 0 saturated carbocycles. The van der Waals surface area contributed by atoms with E-state index in [1.54, 1.807) is 11.3 Å². The van der Waals surface area contributed by atoms with Crippen LogP contribution in [0, 0.1) is 23.8 Å². The number of benzene rings is 2. The van der Waals surface area contributed by atoms with E-state index in [9.17, 15) is 9.90 Å². The van der Waals surface area contributed by atoms with Crippen molar-refractivity contribution in [3.8, 4) is 11.3 Å². The number of allylic oxidation sites excluding steroid dienone is 2. The fourth-order valence-corrected chi connectivity index (χ4v) is 5.75. The summed E-state index contributed by atoms with van der Waals surface area (Å²) in [5.41, 5.74) is 2.89. The Balaban J connectivity index is 0.000000307. The van der Waals surface area contributed by atoms with Crippen LogP contribution in [-0.2, 0) is 30.3 Å². The van der Waals surface area contributed by atoms with E-state index in [0.717, 1.165) is 47.2 Å². The van der Waals surface area contributed by atoms with Crippen LogP contribution in [0.25, 0.3) is 32.2 Å². The van der Waals surface area contributed by atoms with Gasteiger partial charge in [-0.2, -0.15) is 0 Å². The number of aryl methyl sites for hydroxylation is 1. The molecule has 2 aromatic carbocycles. The second kappa shape index (κ2) is 14.4. The number of aliphatic hydroxyl groups is 1.